The summed E-state index contributed by atoms with van der Waals surface area (Å²) in [6, 6.07) is 5.37. The van der Waals surface area contributed by atoms with E-state index in [1.807, 2.05) is 10.7 Å². The standard InChI is InChI=1S/C12H14N2O3/c1-16-6-5-14-11-7-9(12(15)17-2)3-4-10(11)8-13-14/h3-4,7-8H,5-6H2,1-2H3. The molecule has 2 rings (SSSR count). The fourth-order valence-electron chi connectivity index (χ4n) is 1.67. The maximum absolute atomic E-state index is 11.4. The van der Waals surface area contributed by atoms with Crippen LogP contribution < -0.4 is 0 Å². The van der Waals surface area contributed by atoms with Gasteiger partial charge < -0.3 is 9.47 Å². The van der Waals surface area contributed by atoms with Crippen molar-refractivity contribution < 1.29 is 14.3 Å². The zero-order chi connectivity index (χ0) is 12.3. The molecule has 0 aliphatic heterocycles. The number of carbonyl (C=O) groups is 1. The number of hydrogen-bond acceptors (Lipinski definition) is 4. The molecule has 17 heavy (non-hydrogen) atoms. The molecule has 0 atom stereocenters. The second-order valence-electron chi connectivity index (χ2n) is 3.63. The monoisotopic (exact) mass is 234 g/mol. The Kier molecular flexibility index (Phi) is 3.39. The number of fused-ring (bicyclic) bond motifs is 1. The van der Waals surface area contributed by atoms with Crippen LogP contribution in [0.15, 0.2) is 24.4 Å². The van der Waals surface area contributed by atoms with Gasteiger partial charge in [0, 0.05) is 12.5 Å². The van der Waals surface area contributed by atoms with Gasteiger partial charge in [-0.3, -0.25) is 4.68 Å². The van der Waals surface area contributed by atoms with Crippen LogP contribution in [0.2, 0.25) is 0 Å². The van der Waals surface area contributed by atoms with Gasteiger partial charge in [-0.25, -0.2) is 4.79 Å². The number of aromatic nitrogens is 2. The van der Waals surface area contributed by atoms with E-state index in [0.717, 1.165) is 10.9 Å². The molecule has 2 aromatic rings. The third-order valence-corrected chi connectivity index (χ3v) is 2.57. The van der Waals surface area contributed by atoms with Gasteiger partial charge in [0.25, 0.3) is 0 Å². The second-order valence-corrected chi connectivity index (χ2v) is 3.63. The summed E-state index contributed by atoms with van der Waals surface area (Å²) in [5, 5.41) is 5.24. The summed E-state index contributed by atoms with van der Waals surface area (Å²) >= 11 is 0. The van der Waals surface area contributed by atoms with Crippen molar-refractivity contribution in [3.05, 3.63) is 30.0 Å². The summed E-state index contributed by atoms with van der Waals surface area (Å²) in [5.74, 6) is -0.341. The van der Waals surface area contributed by atoms with Crippen LogP contribution in [-0.2, 0) is 16.0 Å². The summed E-state index contributed by atoms with van der Waals surface area (Å²) < 4.78 is 11.5. The SMILES string of the molecule is COCCn1ncc2ccc(C(=O)OC)cc21. The molecule has 5 nitrogen and oxygen atoms in total. The Morgan fingerprint density at radius 3 is 2.94 bits per heavy atom. The number of rotatable bonds is 4. The molecule has 0 aliphatic rings. The predicted molar refractivity (Wildman–Crippen MR) is 62.9 cm³/mol. The highest BCUT2D eigenvalue weighted by atomic mass is 16.5. The fourth-order valence-corrected chi connectivity index (χ4v) is 1.67. The van der Waals surface area contributed by atoms with Crippen molar-refractivity contribution in [3.63, 3.8) is 0 Å². The number of hydrogen-bond donors (Lipinski definition) is 0. The van der Waals surface area contributed by atoms with Crippen LogP contribution in [0.25, 0.3) is 10.9 Å². The average molecular weight is 234 g/mol. The third-order valence-electron chi connectivity index (χ3n) is 2.57. The molecule has 0 fully saturated rings. The van der Waals surface area contributed by atoms with Crippen molar-refractivity contribution in [2.45, 2.75) is 6.54 Å². The quantitative estimate of drug-likeness (QED) is 0.752. The maximum Gasteiger partial charge on any atom is 0.337 e. The molecule has 1 aromatic heterocycles. The molecular weight excluding hydrogens is 220 g/mol. The molecule has 0 amide bonds. The normalized spacial score (nSPS) is 10.7. The lowest BCUT2D eigenvalue weighted by Gasteiger charge is -2.04. The smallest absolute Gasteiger partial charge is 0.337 e. The summed E-state index contributed by atoms with van der Waals surface area (Å²) in [6.07, 6.45) is 1.77. The highest BCUT2D eigenvalue weighted by Gasteiger charge is 2.09. The van der Waals surface area contributed by atoms with Gasteiger partial charge in [-0.1, -0.05) is 6.07 Å². The van der Waals surface area contributed by atoms with Crippen LogP contribution in [0.3, 0.4) is 0 Å². The molecule has 0 saturated carbocycles. The van der Waals surface area contributed by atoms with E-state index in [9.17, 15) is 4.79 Å². The van der Waals surface area contributed by atoms with Gasteiger partial charge in [0.2, 0.25) is 0 Å². The first-order chi connectivity index (χ1) is 8.26. The molecule has 1 aromatic carbocycles. The Hall–Kier alpha value is -1.88. The van der Waals surface area contributed by atoms with E-state index in [0.29, 0.717) is 18.7 Å². The Labute approximate surface area is 98.9 Å². The molecule has 5 heteroatoms. The van der Waals surface area contributed by atoms with Crippen LogP contribution >= 0.6 is 0 Å². The zero-order valence-corrected chi connectivity index (χ0v) is 9.84. The molecule has 0 unspecified atom stereocenters. The highest BCUT2D eigenvalue weighted by molar-refractivity contribution is 5.94. The Balaban J connectivity index is 2.39. The van der Waals surface area contributed by atoms with Crippen LogP contribution in [0.4, 0.5) is 0 Å². The minimum absolute atomic E-state index is 0.341. The van der Waals surface area contributed by atoms with Crippen molar-refractivity contribution in [2.24, 2.45) is 0 Å². The minimum Gasteiger partial charge on any atom is -0.465 e. The summed E-state index contributed by atoms with van der Waals surface area (Å²) in [5.41, 5.74) is 1.43. The lowest BCUT2D eigenvalue weighted by Crippen LogP contribution is -2.06. The van der Waals surface area contributed by atoms with Crippen LogP contribution in [0, 0.1) is 0 Å². The molecular formula is C12H14N2O3. The van der Waals surface area contributed by atoms with E-state index in [1.54, 1.807) is 25.4 Å². The molecule has 0 radical (unpaired) electrons. The molecule has 1 heterocycles. The van der Waals surface area contributed by atoms with Crippen LogP contribution in [0.1, 0.15) is 10.4 Å². The summed E-state index contributed by atoms with van der Waals surface area (Å²) in [6.45, 7) is 1.24. The first-order valence-electron chi connectivity index (χ1n) is 5.29. The van der Waals surface area contributed by atoms with E-state index in [2.05, 4.69) is 9.84 Å². The number of benzene rings is 1. The van der Waals surface area contributed by atoms with Gasteiger partial charge in [0.15, 0.2) is 0 Å². The van der Waals surface area contributed by atoms with Gasteiger partial charge >= 0.3 is 5.97 Å². The lowest BCUT2D eigenvalue weighted by atomic mass is 10.2. The Bertz CT molecular complexity index is 534. The van der Waals surface area contributed by atoms with Gasteiger partial charge in [0.05, 0.1) is 37.5 Å². The van der Waals surface area contributed by atoms with E-state index in [1.165, 1.54) is 7.11 Å². The topological polar surface area (TPSA) is 53.4 Å². The molecule has 0 saturated heterocycles. The second kappa shape index (κ2) is 4.97. The average Bonchev–Trinajstić information content (AvgIpc) is 2.77. The summed E-state index contributed by atoms with van der Waals surface area (Å²) in [4.78, 5) is 11.4. The third kappa shape index (κ3) is 2.29. The first-order valence-corrected chi connectivity index (χ1v) is 5.29. The maximum atomic E-state index is 11.4. The van der Waals surface area contributed by atoms with Crippen LogP contribution in [0.5, 0.6) is 0 Å². The van der Waals surface area contributed by atoms with Crippen LogP contribution in [-0.4, -0.2) is 36.6 Å². The van der Waals surface area contributed by atoms with Crippen molar-refractivity contribution in [3.8, 4) is 0 Å². The number of ether oxygens (including phenoxy) is 2. The first kappa shape index (κ1) is 11.6. The summed E-state index contributed by atoms with van der Waals surface area (Å²) in [7, 11) is 3.01. The Morgan fingerprint density at radius 1 is 1.41 bits per heavy atom. The number of esters is 1. The Morgan fingerprint density at radius 2 is 2.24 bits per heavy atom. The predicted octanol–water partition coefficient (Wildman–Crippen LogP) is 1.47. The lowest BCUT2D eigenvalue weighted by molar-refractivity contribution is 0.0601. The largest absolute Gasteiger partial charge is 0.465 e. The van der Waals surface area contributed by atoms with Crippen molar-refractivity contribution in [1.82, 2.24) is 9.78 Å². The molecule has 0 aliphatic carbocycles. The minimum atomic E-state index is -0.341. The zero-order valence-electron chi connectivity index (χ0n) is 9.84. The fraction of sp³-hybridized carbons (Fsp3) is 0.333. The van der Waals surface area contributed by atoms with Crippen molar-refractivity contribution in [1.29, 1.82) is 0 Å². The molecule has 0 bridgehead atoms. The number of carbonyl (C=O) groups excluding carboxylic acids is 1. The van der Waals surface area contributed by atoms with Gasteiger partial charge in [0.1, 0.15) is 0 Å². The molecule has 90 valence electrons. The van der Waals surface area contributed by atoms with E-state index < -0.39 is 0 Å². The van der Waals surface area contributed by atoms with Crippen molar-refractivity contribution >= 4 is 16.9 Å². The van der Waals surface area contributed by atoms with Gasteiger partial charge in [-0.05, 0) is 12.1 Å². The number of nitrogens with zero attached hydrogens (tertiary/aromatic N) is 2. The molecule has 0 spiro atoms. The van der Waals surface area contributed by atoms with Gasteiger partial charge in [-0.2, -0.15) is 5.10 Å². The van der Waals surface area contributed by atoms with E-state index in [-0.39, 0.29) is 5.97 Å². The van der Waals surface area contributed by atoms with E-state index in [4.69, 9.17) is 4.74 Å². The van der Waals surface area contributed by atoms with Crippen molar-refractivity contribution in [2.75, 3.05) is 20.8 Å². The van der Waals surface area contributed by atoms with E-state index >= 15 is 0 Å². The number of methoxy groups -OCH3 is 2. The highest BCUT2D eigenvalue weighted by Crippen LogP contribution is 2.16. The molecule has 0 N–H and O–H groups in total. The van der Waals surface area contributed by atoms with Gasteiger partial charge in [-0.15, -0.1) is 0 Å².